The number of hydrogen-bond acceptors (Lipinski definition) is 3. The van der Waals surface area contributed by atoms with E-state index < -0.39 is 0 Å². The van der Waals surface area contributed by atoms with Gasteiger partial charge in [-0.1, -0.05) is 6.07 Å². The molecular weight excluding hydrogens is 216 g/mol. The van der Waals surface area contributed by atoms with E-state index in [4.69, 9.17) is 10.5 Å². The Morgan fingerprint density at radius 2 is 2.12 bits per heavy atom. The molecule has 0 aliphatic carbocycles. The van der Waals surface area contributed by atoms with Gasteiger partial charge in [0.05, 0.1) is 13.0 Å². The molecule has 4 heteroatoms. The van der Waals surface area contributed by atoms with Crippen molar-refractivity contribution in [2.24, 2.45) is 0 Å². The van der Waals surface area contributed by atoms with E-state index in [-0.39, 0.29) is 5.91 Å². The molecule has 0 aromatic heterocycles. The Labute approximate surface area is 101 Å². The smallest absolute Gasteiger partial charge is 0.225 e. The first kappa shape index (κ1) is 11.8. The molecule has 1 heterocycles. The van der Waals surface area contributed by atoms with Crippen molar-refractivity contribution in [3.05, 3.63) is 24.3 Å². The van der Waals surface area contributed by atoms with Gasteiger partial charge in [-0.25, -0.2) is 0 Å². The highest BCUT2D eigenvalue weighted by atomic mass is 16.5. The molecule has 0 atom stereocenters. The van der Waals surface area contributed by atoms with Crippen molar-refractivity contribution in [3.8, 4) is 5.75 Å². The molecule has 1 fully saturated rings. The van der Waals surface area contributed by atoms with Gasteiger partial charge in [0.1, 0.15) is 5.75 Å². The summed E-state index contributed by atoms with van der Waals surface area (Å²) in [5.74, 6) is 0.908. The number of benzene rings is 1. The van der Waals surface area contributed by atoms with E-state index in [1.54, 1.807) is 6.07 Å². The molecule has 2 rings (SSSR count). The first-order chi connectivity index (χ1) is 8.25. The minimum atomic E-state index is 0.186. The molecule has 1 aromatic rings. The molecule has 2 N–H and O–H groups in total. The summed E-state index contributed by atoms with van der Waals surface area (Å²) in [5.41, 5.74) is 6.31. The number of nitrogens with two attached hydrogens (primary N) is 1. The van der Waals surface area contributed by atoms with Crippen LogP contribution in [0.1, 0.15) is 19.3 Å². The van der Waals surface area contributed by atoms with Crippen LogP contribution in [0.25, 0.3) is 0 Å². The number of likely N-dealkylation sites (tertiary alicyclic amines) is 1. The van der Waals surface area contributed by atoms with Crippen LogP contribution >= 0.6 is 0 Å². The number of hydrogen-bond donors (Lipinski definition) is 1. The van der Waals surface area contributed by atoms with Crippen molar-refractivity contribution in [1.29, 1.82) is 0 Å². The van der Waals surface area contributed by atoms with Crippen molar-refractivity contribution in [1.82, 2.24) is 4.90 Å². The molecule has 4 nitrogen and oxygen atoms in total. The van der Waals surface area contributed by atoms with Gasteiger partial charge < -0.3 is 15.4 Å². The third kappa shape index (κ3) is 3.37. The molecule has 1 aromatic carbocycles. The van der Waals surface area contributed by atoms with Gasteiger partial charge in [0, 0.05) is 24.8 Å². The summed E-state index contributed by atoms with van der Waals surface area (Å²) in [6, 6.07) is 7.26. The fourth-order valence-corrected chi connectivity index (χ4v) is 1.99. The minimum absolute atomic E-state index is 0.186. The van der Waals surface area contributed by atoms with E-state index in [9.17, 15) is 4.79 Å². The third-order valence-corrected chi connectivity index (χ3v) is 2.90. The standard InChI is InChI=1S/C13H18N2O2/c14-11-4-3-5-12(10-11)17-9-6-13(16)15-7-1-2-8-15/h3-5,10H,1-2,6-9,14H2. The van der Waals surface area contributed by atoms with Gasteiger partial charge in [0.2, 0.25) is 5.91 Å². The van der Waals surface area contributed by atoms with Crippen LogP contribution in [0.4, 0.5) is 5.69 Å². The Bertz CT molecular complexity index is 387. The maximum absolute atomic E-state index is 11.7. The van der Waals surface area contributed by atoms with Gasteiger partial charge in [0.15, 0.2) is 0 Å². The number of amides is 1. The Morgan fingerprint density at radius 3 is 2.82 bits per heavy atom. The molecule has 92 valence electrons. The SMILES string of the molecule is Nc1cccc(OCCC(=O)N2CCCC2)c1. The van der Waals surface area contributed by atoms with Crippen molar-refractivity contribution in [2.45, 2.75) is 19.3 Å². The normalized spacial score (nSPS) is 14.9. The van der Waals surface area contributed by atoms with Crippen LogP contribution in [0.3, 0.4) is 0 Å². The lowest BCUT2D eigenvalue weighted by Crippen LogP contribution is -2.28. The van der Waals surface area contributed by atoms with Crippen molar-refractivity contribution in [3.63, 3.8) is 0 Å². The Kier molecular flexibility index (Phi) is 3.85. The van der Waals surface area contributed by atoms with E-state index in [2.05, 4.69) is 0 Å². The second-order valence-corrected chi connectivity index (χ2v) is 4.26. The quantitative estimate of drug-likeness (QED) is 0.806. The minimum Gasteiger partial charge on any atom is -0.493 e. The zero-order valence-corrected chi connectivity index (χ0v) is 9.89. The van der Waals surface area contributed by atoms with Gasteiger partial charge in [0.25, 0.3) is 0 Å². The summed E-state index contributed by atoms with van der Waals surface area (Å²) in [5, 5.41) is 0. The first-order valence-electron chi connectivity index (χ1n) is 6.02. The Balaban J connectivity index is 1.73. The zero-order valence-electron chi connectivity index (χ0n) is 9.89. The largest absolute Gasteiger partial charge is 0.493 e. The average molecular weight is 234 g/mol. The summed E-state index contributed by atoms with van der Waals surface area (Å²) in [7, 11) is 0. The Morgan fingerprint density at radius 1 is 1.35 bits per heavy atom. The van der Waals surface area contributed by atoms with E-state index in [0.29, 0.717) is 18.7 Å². The van der Waals surface area contributed by atoms with Crippen LogP contribution in [0.5, 0.6) is 5.75 Å². The van der Waals surface area contributed by atoms with Gasteiger partial charge in [-0.3, -0.25) is 4.79 Å². The average Bonchev–Trinajstić information content (AvgIpc) is 2.82. The molecule has 1 saturated heterocycles. The van der Waals surface area contributed by atoms with Crippen LogP contribution in [0, 0.1) is 0 Å². The molecule has 1 aliphatic rings. The lowest BCUT2D eigenvalue weighted by molar-refractivity contribution is -0.130. The van der Waals surface area contributed by atoms with Crippen LogP contribution < -0.4 is 10.5 Å². The highest BCUT2D eigenvalue weighted by Crippen LogP contribution is 2.15. The lowest BCUT2D eigenvalue weighted by Gasteiger charge is -2.15. The molecular formula is C13H18N2O2. The molecule has 0 saturated carbocycles. The molecule has 0 radical (unpaired) electrons. The van der Waals surface area contributed by atoms with Crippen LogP contribution in [-0.4, -0.2) is 30.5 Å². The molecule has 1 aliphatic heterocycles. The highest BCUT2D eigenvalue weighted by Gasteiger charge is 2.17. The van der Waals surface area contributed by atoms with E-state index >= 15 is 0 Å². The maximum atomic E-state index is 11.7. The second-order valence-electron chi connectivity index (χ2n) is 4.26. The van der Waals surface area contributed by atoms with Crippen LogP contribution in [0.15, 0.2) is 24.3 Å². The van der Waals surface area contributed by atoms with Gasteiger partial charge in [-0.05, 0) is 25.0 Å². The second kappa shape index (κ2) is 5.57. The number of anilines is 1. The summed E-state index contributed by atoms with van der Waals surface area (Å²) in [6.07, 6.45) is 2.69. The number of nitrogens with zero attached hydrogens (tertiary/aromatic N) is 1. The Hall–Kier alpha value is -1.71. The van der Waals surface area contributed by atoms with E-state index in [1.165, 1.54) is 0 Å². The van der Waals surface area contributed by atoms with Crippen LogP contribution in [-0.2, 0) is 4.79 Å². The van der Waals surface area contributed by atoms with E-state index in [1.807, 2.05) is 23.1 Å². The number of nitrogen functional groups attached to an aromatic ring is 1. The van der Waals surface area contributed by atoms with Gasteiger partial charge >= 0.3 is 0 Å². The topological polar surface area (TPSA) is 55.6 Å². The van der Waals surface area contributed by atoms with Crippen LogP contribution in [0.2, 0.25) is 0 Å². The van der Waals surface area contributed by atoms with Crippen molar-refractivity contribution in [2.75, 3.05) is 25.4 Å². The molecule has 1 amide bonds. The predicted octanol–water partition coefficient (Wildman–Crippen LogP) is 1.66. The summed E-state index contributed by atoms with van der Waals surface area (Å²) in [4.78, 5) is 13.6. The fourth-order valence-electron chi connectivity index (χ4n) is 1.99. The molecule has 17 heavy (non-hydrogen) atoms. The summed E-state index contributed by atoms with van der Waals surface area (Å²) < 4.78 is 5.49. The number of rotatable bonds is 4. The van der Waals surface area contributed by atoms with E-state index in [0.717, 1.165) is 31.7 Å². The van der Waals surface area contributed by atoms with Crippen molar-refractivity contribution < 1.29 is 9.53 Å². The van der Waals surface area contributed by atoms with Crippen molar-refractivity contribution >= 4 is 11.6 Å². The first-order valence-corrected chi connectivity index (χ1v) is 6.02. The summed E-state index contributed by atoms with van der Waals surface area (Å²) >= 11 is 0. The van der Waals surface area contributed by atoms with Gasteiger partial charge in [-0.2, -0.15) is 0 Å². The third-order valence-electron chi connectivity index (χ3n) is 2.90. The predicted molar refractivity (Wildman–Crippen MR) is 66.8 cm³/mol. The molecule has 0 spiro atoms. The fraction of sp³-hybridized carbons (Fsp3) is 0.462. The molecule has 0 unspecified atom stereocenters. The number of carbonyl (C=O) groups excluding carboxylic acids is 1. The zero-order chi connectivity index (χ0) is 12.1. The lowest BCUT2D eigenvalue weighted by atomic mass is 10.3. The number of carbonyl (C=O) groups is 1. The maximum Gasteiger partial charge on any atom is 0.225 e. The van der Waals surface area contributed by atoms with Gasteiger partial charge in [-0.15, -0.1) is 0 Å². The highest BCUT2D eigenvalue weighted by molar-refractivity contribution is 5.76. The molecule has 0 bridgehead atoms. The monoisotopic (exact) mass is 234 g/mol. The summed E-state index contributed by atoms with van der Waals surface area (Å²) in [6.45, 7) is 2.22. The number of ether oxygens (including phenoxy) is 1.